The average molecular weight is 492 g/mol. The maximum Gasteiger partial charge on any atom is 1.00 e. The van der Waals surface area contributed by atoms with Crippen LogP contribution in [0.2, 0.25) is 0 Å². The van der Waals surface area contributed by atoms with E-state index in [9.17, 15) is 17.8 Å². The summed E-state index contributed by atoms with van der Waals surface area (Å²) in [6.07, 6.45) is 19.0. The first kappa shape index (κ1) is 34.6. The number of carbonyl (C=O) groups is 1. The summed E-state index contributed by atoms with van der Waals surface area (Å²) < 4.78 is 34.7. The number of rotatable bonds is 20. The van der Waals surface area contributed by atoms with Crippen LogP contribution in [-0.4, -0.2) is 32.0 Å². The van der Waals surface area contributed by atoms with Gasteiger partial charge in [-0.3, -0.25) is 8.98 Å². The smallest absolute Gasteiger partial charge is 0.726 e. The predicted octanol–water partition coefficient (Wildman–Crippen LogP) is 2.24. The largest absolute Gasteiger partial charge is 1.00 e. The van der Waals surface area contributed by atoms with E-state index in [0.717, 1.165) is 51.4 Å². The van der Waals surface area contributed by atoms with Gasteiger partial charge in [-0.15, -0.1) is 0 Å². The van der Waals surface area contributed by atoms with Crippen molar-refractivity contribution in [3.8, 4) is 23.7 Å². The Kier molecular flexibility index (Phi) is 27.4. The molecule has 33 heavy (non-hydrogen) atoms. The fourth-order valence-corrected chi connectivity index (χ4v) is 3.48. The fourth-order valence-electron chi connectivity index (χ4n) is 3.19. The first-order chi connectivity index (χ1) is 15.5. The Hall–Kier alpha value is -0.540. The summed E-state index contributed by atoms with van der Waals surface area (Å²) in [5, 5.41) is 2.52. The molecule has 0 unspecified atom stereocenters. The molecule has 0 aliphatic heterocycles. The Bertz CT molecular complexity index is 689. The minimum atomic E-state index is -4.69. The van der Waals surface area contributed by atoms with Gasteiger partial charge in [0.2, 0.25) is 16.3 Å². The number of hydrogen-bond acceptors (Lipinski definition) is 5. The second-order valence-electron chi connectivity index (χ2n) is 8.03. The van der Waals surface area contributed by atoms with Gasteiger partial charge in [0.1, 0.15) is 0 Å². The summed E-state index contributed by atoms with van der Waals surface area (Å²) in [5.74, 6) is 12.0. The molecule has 0 saturated heterocycles. The molecule has 8 heteroatoms. The zero-order chi connectivity index (χ0) is 23.8. The van der Waals surface area contributed by atoms with Gasteiger partial charge in [0.25, 0.3) is 0 Å². The zero-order valence-electron chi connectivity index (χ0n) is 20.9. The molecule has 6 nitrogen and oxygen atoms in total. The molecule has 1 N–H and O–H groups in total. The molecule has 0 aliphatic rings. The van der Waals surface area contributed by atoms with Crippen LogP contribution in [0.4, 0.5) is 0 Å². The minimum absolute atomic E-state index is 0. The van der Waals surface area contributed by atoms with E-state index in [1.165, 1.54) is 51.4 Å². The van der Waals surface area contributed by atoms with Crippen LogP contribution in [-0.2, 0) is 19.4 Å². The summed E-state index contributed by atoms with van der Waals surface area (Å²) in [7, 11) is -4.69. The van der Waals surface area contributed by atoms with Crippen LogP contribution in [0.25, 0.3) is 0 Å². The SMILES string of the molecule is CCCCCCCCCCC#CC#CCCCCCCCCC(=O)NCCOS(=O)(=O)[O-].[Na+]. The van der Waals surface area contributed by atoms with Crippen molar-refractivity contribution in [3.05, 3.63) is 0 Å². The molecule has 0 bridgehead atoms. The summed E-state index contributed by atoms with van der Waals surface area (Å²) in [4.78, 5) is 11.5. The van der Waals surface area contributed by atoms with Crippen molar-refractivity contribution in [1.29, 1.82) is 0 Å². The molecule has 0 heterocycles. The molecular weight excluding hydrogens is 449 g/mol. The van der Waals surface area contributed by atoms with Crippen LogP contribution < -0.4 is 34.9 Å². The van der Waals surface area contributed by atoms with Gasteiger partial charge in [0.15, 0.2) is 0 Å². The van der Waals surface area contributed by atoms with Gasteiger partial charge in [-0.05, 0) is 31.1 Å². The third-order valence-electron chi connectivity index (χ3n) is 5.00. The predicted molar refractivity (Wildman–Crippen MR) is 128 cm³/mol. The molecule has 0 radical (unpaired) electrons. The zero-order valence-corrected chi connectivity index (χ0v) is 23.7. The van der Waals surface area contributed by atoms with Crippen molar-refractivity contribution >= 4 is 16.3 Å². The molecule has 0 aromatic heterocycles. The maximum atomic E-state index is 11.5. The van der Waals surface area contributed by atoms with Crippen molar-refractivity contribution in [2.24, 2.45) is 0 Å². The van der Waals surface area contributed by atoms with Crippen molar-refractivity contribution < 1.29 is 51.5 Å². The third-order valence-corrected chi connectivity index (χ3v) is 5.46. The standard InChI is InChI=1S/C25H43NO5S.Na/c1-2-3-4-5-6-7-8-9-10-11-12-13-14-15-16-17-18-19-20-21-22-25(27)26-23-24-31-32(28,29)30;/h2-10,15-24H2,1H3,(H,26,27)(H,28,29,30);/q;+1/p-1. The van der Waals surface area contributed by atoms with Gasteiger partial charge in [-0.1, -0.05) is 89.4 Å². The van der Waals surface area contributed by atoms with E-state index in [-0.39, 0.29) is 48.6 Å². The van der Waals surface area contributed by atoms with Crippen molar-refractivity contribution in [2.75, 3.05) is 13.2 Å². The second-order valence-corrected chi connectivity index (χ2v) is 9.08. The van der Waals surface area contributed by atoms with Crippen molar-refractivity contribution in [3.63, 3.8) is 0 Å². The van der Waals surface area contributed by atoms with E-state index in [1.54, 1.807) is 0 Å². The normalized spacial score (nSPS) is 10.4. The molecule has 1 amide bonds. The van der Waals surface area contributed by atoms with Gasteiger partial charge >= 0.3 is 29.6 Å². The summed E-state index contributed by atoms with van der Waals surface area (Å²) >= 11 is 0. The quantitative estimate of drug-likeness (QED) is 0.0927. The van der Waals surface area contributed by atoms with Crippen LogP contribution in [0.5, 0.6) is 0 Å². The van der Waals surface area contributed by atoms with Gasteiger partial charge in [-0.25, -0.2) is 8.42 Å². The van der Waals surface area contributed by atoms with Gasteiger partial charge < -0.3 is 9.87 Å². The molecule has 0 fully saturated rings. The maximum absolute atomic E-state index is 11.5. The van der Waals surface area contributed by atoms with E-state index in [2.05, 4.69) is 40.1 Å². The van der Waals surface area contributed by atoms with Crippen LogP contribution in [0, 0.1) is 23.7 Å². The van der Waals surface area contributed by atoms with Gasteiger partial charge in [0, 0.05) is 25.8 Å². The van der Waals surface area contributed by atoms with Gasteiger partial charge in [-0.2, -0.15) is 0 Å². The number of unbranched alkanes of at least 4 members (excludes halogenated alkanes) is 14. The minimum Gasteiger partial charge on any atom is -0.726 e. The first-order valence-electron chi connectivity index (χ1n) is 12.3. The Morgan fingerprint density at radius 1 is 0.788 bits per heavy atom. The molecule has 0 atom stereocenters. The Labute approximate surface area is 225 Å². The second kappa shape index (κ2) is 26.1. The molecule has 0 aliphatic carbocycles. The van der Waals surface area contributed by atoms with Crippen LogP contribution in [0.3, 0.4) is 0 Å². The van der Waals surface area contributed by atoms with E-state index < -0.39 is 10.4 Å². The Balaban J connectivity index is 0. The van der Waals surface area contributed by atoms with E-state index in [0.29, 0.717) is 6.42 Å². The molecular formula is C25H42NNaO5S. The Morgan fingerprint density at radius 3 is 1.73 bits per heavy atom. The van der Waals surface area contributed by atoms with Crippen molar-refractivity contribution in [2.45, 2.75) is 116 Å². The molecule has 0 rings (SSSR count). The molecule has 0 spiro atoms. The summed E-state index contributed by atoms with van der Waals surface area (Å²) in [6, 6.07) is 0. The molecule has 0 aromatic carbocycles. The molecule has 184 valence electrons. The number of hydrogen-bond donors (Lipinski definition) is 1. The van der Waals surface area contributed by atoms with Crippen molar-refractivity contribution in [1.82, 2.24) is 5.32 Å². The topological polar surface area (TPSA) is 95.5 Å². The number of nitrogens with one attached hydrogen (secondary N) is 1. The summed E-state index contributed by atoms with van der Waals surface area (Å²) in [6.45, 7) is 1.94. The average Bonchev–Trinajstić information content (AvgIpc) is 2.74. The summed E-state index contributed by atoms with van der Waals surface area (Å²) in [5.41, 5.74) is 0. The molecule has 0 saturated carbocycles. The third kappa shape index (κ3) is 31.5. The van der Waals surface area contributed by atoms with Crippen LogP contribution in [0.15, 0.2) is 0 Å². The fraction of sp³-hybridized carbons (Fsp3) is 0.800. The van der Waals surface area contributed by atoms with Crippen LogP contribution in [0.1, 0.15) is 116 Å². The van der Waals surface area contributed by atoms with Crippen LogP contribution >= 0.6 is 0 Å². The van der Waals surface area contributed by atoms with E-state index in [1.807, 2.05) is 0 Å². The van der Waals surface area contributed by atoms with E-state index in [4.69, 9.17) is 0 Å². The van der Waals surface area contributed by atoms with Gasteiger partial charge in [0.05, 0.1) is 6.61 Å². The molecule has 0 aromatic rings. The monoisotopic (exact) mass is 491 g/mol. The first-order valence-corrected chi connectivity index (χ1v) is 13.6. The number of amides is 1. The Morgan fingerprint density at radius 2 is 1.24 bits per heavy atom. The van der Waals surface area contributed by atoms with E-state index >= 15 is 0 Å². The number of carbonyl (C=O) groups excluding carboxylic acids is 1.